The molecule has 0 aliphatic rings. The number of nitro benzene ring substituents is 1. The number of rotatable bonds is 6. The van der Waals surface area contributed by atoms with Crippen LogP contribution in [0, 0.1) is 10.1 Å². The fourth-order valence-electron chi connectivity index (χ4n) is 1.67. The number of aromatic carboxylic acids is 1. The summed E-state index contributed by atoms with van der Waals surface area (Å²) in [5.41, 5.74) is -1.39. The molecule has 0 amide bonds. The summed E-state index contributed by atoms with van der Waals surface area (Å²) in [6.45, 7) is 0. The molecule has 0 fully saturated rings. The van der Waals surface area contributed by atoms with E-state index < -0.39 is 39.9 Å². The molecule has 2 unspecified atom stereocenters. The summed E-state index contributed by atoms with van der Waals surface area (Å²) >= 11 is 5.41. The van der Waals surface area contributed by atoms with Gasteiger partial charge in [-0.15, -0.1) is 11.6 Å². The molecule has 2 atom stereocenters. The van der Waals surface area contributed by atoms with Crippen LogP contribution in [-0.4, -0.2) is 38.2 Å². The van der Waals surface area contributed by atoms with E-state index in [1.54, 1.807) is 0 Å². The summed E-state index contributed by atoms with van der Waals surface area (Å²) in [6.07, 6.45) is -3.09. The second-order valence-electron chi connectivity index (χ2n) is 3.79. The smallest absolute Gasteiger partial charge is 0.336 e. The van der Waals surface area contributed by atoms with Gasteiger partial charge in [-0.05, 0) is 12.5 Å². The minimum absolute atomic E-state index is 0.0200. The average Bonchev–Trinajstić information content (AvgIpc) is 2.36. The van der Waals surface area contributed by atoms with Crippen molar-refractivity contribution in [1.29, 1.82) is 0 Å². The number of carbonyl (C=O) groups is 1. The molecule has 0 bridgehead atoms. The molecule has 0 aromatic heterocycles. The zero-order chi connectivity index (χ0) is 14.6. The lowest BCUT2D eigenvalue weighted by molar-refractivity contribution is -0.386. The maximum absolute atomic E-state index is 11.0. The Bertz CT molecular complexity index is 460. The number of nitrogens with zero attached hydrogens (tertiary/aromatic N) is 1. The summed E-state index contributed by atoms with van der Waals surface area (Å²) < 4.78 is 0. The van der Waals surface area contributed by atoms with Crippen molar-refractivity contribution in [1.82, 2.24) is 0 Å². The molecule has 0 aliphatic carbocycles. The minimum atomic E-state index is -1.69. The van der Waals surface area contributed by atoms with Gasteiger partial charge in [-0.25, -0.2) is 4.79 Å². The van der Waals surface area contributed by atoms with E-state index >= 15 is 0 Å². The van der Waals surface area contributed by atoms with E-state index in [1.165, 1.54) is 6.07 Å². The second-order valence-corrected chi connectivity index (χ2v) is 4.17. The van der Waals surface area contributed by atoms with Gasteiger partial charge in [0.2, 0.25) is 0 Å². The van der Waals surface area contributed by atoms with Crippen LogP contribution in [-0.2, 0) is 0 Å². The summed E-state index contributed by atoms with van der Waals surface area (Å²) in [7, 11) is 0. The van der Waals surface area contributed by atoms with Crippen LogP contribution < -0.4 is 0 Å². The van der Waals surface area contributed by atoms with Crippen LogP contribution in [0.3, 0.4) is 0 Å². The molecule has 19 heavy (non-hydrogen) atoms. The molecule has 1 rings (SSSR count). The van der Waals surface area contributed by atoms with Crippen molar-refractivity contribution >= 4 is 23.3 Å². The monoisotopic (exact) mass is 289 g/mol. The second kappa shape index (κ2) is 6.46. The lowest BCUT2D eigenvalue weighted by Crippen LogP contribution is -2.22. The van der Waals surface area contributed by atoms with Crippen molar-refractivity contribution in [2.45, 2.75) is 18.6 Å². The highest BCUT2D eigenvalue weighted by atomic mass is 35.5. The first-order valence-electron chi connectivity index (χ1n) is 5.32. The van der Waals surface area contributed by atoms with E-state index in [4.69, 9.17) is 16.7 Å². The van der Waals surface area contributed by atoms with E-state index in [0.29, 0.717) is 0 Å². The van der Waals surface area contributed by atoms with E-state index in [9.17, 15) is 25.1 Å². The molecule has 8 heteroatoms. The molecule has 1 aromatic rings. The Morgan fingerprint density at radius 2 is 2.05 bits per heavy atom. The molecule has 0 spiro atoms. The number of carboxylic acid groups (broad SMARTS) is 1. The molecular formula is C11H12ClNO6. The van der Waals surface area contributed by atoms with Gasteiger partial charge in [0.15, 0.2) is 0 Å². The average molecular weight is 290 g/mol. The molecule has 0 radical (unpaired) electrons. The first-order chi connectivity index (χ1) is 8.90. The third-order valence-electron chi connectivity index (χ3n) is 2.58. The Kier molecular flexibility index (Phi) is 5.22. The molecule has 0 saturated heterocycles. The Hall–Kier alpha value is -1.70. The van der Waals surface area contributed by atoms with E-state index in [1.807, 2.05) is 0 Å². The highest BCUT2D eigenvalue weighted by molar-refractivity contribution is 6.17. The van der Waals surface area contributed by atoms with Gasteiger partial charge in [-0.1, -0.05) is 6.07 Å². The normalized spacial score (nSPS) is 13.8. The number of benzene rings is 1. The van der Waals surface area contributed by atoms with Gasteiger partial charge in [0, 0.05) is 11.9 Å². The highest BCUT2D eigenvalue weighted by Crippen LogP contribution is 2.31. The van der Waals surface area contributed by atoms with Gasteiger partial charge < -0.3 is 15.3 Å². The highest BCUT2D eigenvalue weighted by Gasteiger charge is 2.30. The predicted molar refractivity (Wildman–Crippen MR) is 66.4 cm³/mol. The standard InChI is InChI=1S/C11H12ClNO6/c12-5-4-8(14)10(15)9-6(11(16)17)2-1-3-7(9)13(18)19/h1-3,8,10,14-15H,4-5H2,(H,16,17). The molecular weight excluding hydrogens is 278 g/mol. The van der Waals surface area contributed by atoms with Crippen molar-refractivity contribution in [2.24, 2.45) is 0 Å². The number of aliphatic hydroxyl groups is 2. The first-order valence-corrected chi connectivity index (χ1v) is 5.86. The maximum atomic E-state index is 11.0. The summed E-state index contributed by atoms with van der Waals surface area (Å²) in [5, 5.41) is 39.4. The van der Waals surface area contributed by atoms with E-state index in [2.05, 4.69) is 0 Å². The van der Waals surface area contributed by atoms with Crippen LogP contribution in [0.2, 0.25) is 0 Å². The van der Waals surface area contributed by atoms with Gasteiger partial charge in [0.25, 0.3) is 5.69 Å². The molecule has 104 valence electrons. The molecule has 3 N–H and O–H groups in total. The van der Waals surface area contributed by atoms with Crippen LogP contribution in [0.1, 0.15) is 28.4 Å². The third kappa shape index (κ3) is 3.40. The van der Waals surface area contributed by atoms with Gasteiger partial charge in [-0.2, -0.15) is 0 Å². The number of aliphatic hydroxyl groups excluding tert-OH is 2. The predicted octanol–water partition coefficient (Wildman–Crippen LogP) is 1.32. The summed E-state index contributed by atoms with van der Waals surface area (Å²) in [4.78, 5) is 21.1. The molecule has 0 heterocycles. The van der Waals surface area contributed by atoms with Crippen molar-refractivity contribution < 1.29 is 25.0 Å². The van der Waals surface area contributed by atoms with Crippen LogP contribution in [0.5, 0.6) is 0 Å². The minimum Gasteiger partial charge on any atom is -0.478 e. The van der Waals surface area contributed by atoms with E-state index in [0.717, 1.165) is 12.1 Å². The zero-order valence-corrected chi connectivity index (χ0v) is 10.4. The van der Waals surface area contributed by atoms with Gasteiger partial charge in [-0.3, -0.25) is 10.1 Å². The first kappa shape index (κ1) is 15.4. The quantitative estimate of drug-likeness (QED) is 0.412. The van der Waals surface area contributed by atoms with E-state index in [-0.39, 0.29) is 12.3 Å². The van der Waals surface area contributed by atoms with Crippen molar-refractivity contribution in [2.75, 3.05) is 5.88 Å². The SMILES string of the molecule is O=C(O)c1cccc([N+](=O)[O-])c1C(O)C(O)CCCl. The summed E-state index contributed by atoms with van der Waals surface area (Å²) in [6, 6.07) is 3.39. The fraction of sp³-hybridized carbons (Fsp3) is 0.364. The van der Waals surface area contributed by atoms with Crippen LogP contribution in [0.4, 0.5) is 5.69 Å². The number of nitro groups is 1. The number of halogens is 1. The molecule has 7 nitrogen and oxygen atoms in total. The largest absolute Gasteiger partial charge is 0.478 e. The van der Waals surface area contributed by atoms with Crippen molar-refractivity contribution in [3.8, 4) is 0 Å². The van der Waals surface area contributed by atoms with Crippen molar-refractivity contribution in [3.05, 3.63) is 39.4 Å². The van der Waals surface area contributed by atoms with Crippen LogP contribution in [0.15, 0.2) is 18.2 Å². The van der Waals surface area contributed by atoms with Crippen LogP contribution in [0.25, 0.3) is 0 Å². The Balaban J connectivity index is 3.36. The Morgan fingerprint density at radius 3 is 2.53 bits per heavy atom. The van der Waals surface area contributed by atoms with Crippen molar-refractivity contribution in [3.63, 3.8) is 0 Å². The molecule has 0 aliphatic heterocycles. The van der Waals surface area contributed by atoms with Crippen LogP contribution >= 0.6 is 11.6 Å². The number of carboxylic acids is 1. The third-order valence-corrected chi connectivity index (χ3v) is 2.79. The lowest BCUT2D eigenvalue weighted by Gasteiger charge is -2.18. The Morgan fingerprint density at radius 1 is 1.42 bits per heavy atom. The maximum Gasteiger partial charge on any atom is 0.336 e. The fourth-order valence-corrected chi connectivity index (χ4v) is 1.90. The molecule has 1 aromatic carbocycles. The number of alkyl halides is 1. The topological polar surface area (TPSA) is 121 Å². The number of hydrogen-bond acceptors (Lipinski definition) is 5. The van der Waals surface area contributed by atoms with Gasteiger partial charge >= 0.3 is 5.97 Å². The lowest BCUT2D eigenvalue weighted by atomic mass is 9.95. The summed E-state index contributed by atoms with van der Waals surface area (Å²) in [5.74, 6) is -1.39. The zero-order valence-electron chi connectivity index (χ0n) is 9.69. The molecule has 0 saturated carbocycles. The van der Waals surface area contributed by atoms with Gasteiger partial charge in [0.1, 0.15) is 6.10 Å². The Labute approximate surface area is 113 Å². The number of hydrogen-bond donors (Lipinski definition) is 3. The van der Waals surface area contributed by atoms with Gasteiger partial charge in [0.05, 0.1) is 22.2 Å².